The highest BCUT2D eigenvalue weighted by atomic mass is 19.1. The van der Waals surface area contributed by atoms with Crippen LogP contribution in [0.15, 0.2) is 30.5 Å². The van der Waals surface area contributed by atoms with Gasteiger partial charge in [0, 0.05) is 45.0 Å². The number of pyridine rings is 1. The molecule has 9 heteroatoms. The highest BCUT2D eigenvalue weighted by Crippen LogP contribution is 2.28. The molecule has 4 rings (SSSR count). The molecule has 1 aromatic heterocycles. The second kappa shape index (κ2) is 9.12. The van der Waals surface area contributed by atoms with Gasteiger partial charge < -0.3 is 19.3 Å². The molecule has 1 aromatic carbocycles. The van der Waals surface area contributed by atoms with Gasteiger partial charge in [0.2, 0.25) is 0 Å². The summed E-state index contributed by atoms with van der Waals surface area (Å²) >= 11 is 0. The van der Waals surface area contributed by atoms with E-state index < -0.39 is 18.0 Å². The SMILES string of the molecule is COC[C@@H]1COC(=O)N1c1ccc(C(=O)N2CCN(c3ncc(C)cc3C)CC2)cc1F. The van der Waals surface area contributed by atoms with Gasteiger partial charge in [0.1, 0.15) is 18.2 Å². The lowest BCUT2D eigenvalue weighted by molar-refractivity contribution is 0.0746. The van der Waals surface area contributed by atoms with Crippen LogP contribution in [0.1, 0.15) is 21.5 Å². The molecule has 2 amide bonds. The van der Waals surface area contributed by atoms with Gasteiger partial charge in [0.05, 0.1) is 18.3 Å². The van der Waals surface area contributed by atoms with Crippen molar-refractivity contribution in [3.05, 3.63) is 53.0 Å². The molecule has 3 heterocycles. The Hall–Kier alpha value is -3.20. The third kappa shape index (κ3) is 4.25. The quantitative estimate of drug-likeness (QED) is 0.709. The van der Waals surface area contributed by atoms with Crippen LogP contribution < -0.4 is 9.80 Å². The fourth-order valence-electron chi connectivity index (χ4n) is 4.25. The van der Waals surface area contributed by atoms with Gasteiger partial charge >= 0.3 is 6.09 Å². The number of carbonyl (C=O) groups is 2. The molecule has 1 atom stereocenters. The normalized spacial score (nSPS) is 18.8. The smallest absolute Gasteiger partial charge is 0.414 e. The molecule has 170 valence electrons. The van der Waals surface area contributed by atoms with Crippen molar-refractivity contribution in [2.24, 2.45) is 0 Å². The van der Waals surface area contributed by atoms with Gasteiger partial charge in [-0.2, -0.15) is 0 Å². The van der Waals surface area contributed by atoms with Crippen molar-refractivity contribution in [3.8, 4) is 0 Å². The van der Waals surface area contributed by atoms with Crippen molar-refractivity contribution in [2.45, 2.75) is 19.9 Å². The van der Waals surface area contributed by atoms with Gasteiger partial charge in [-0.25, -0.2) is 14.2 Å². The number of carbonyl (C=O) groups excluding carboxylic acids is 2. The van der Waals surface area contributed by atoms with Crippen LogP contribution in [0.5, 0.6) is 0 Å². The first-order valence-electron chi connectivity index (χ1n) is 10.6. The van der Waals surface area contributed by atoms with Crippen LogP contribution in [0.3, 0.4) is 0 Å². The largest absolute Gasteiger partial charge is 0.447 e. The van der Waals surface area contributed by atoms with Crippen LogP contribution >= 0.6 is 0 Å². The van der Waals surface area contributed by atoms with E-state index in [4.69, 9.17) is 9.47 Å². The summed E-state index contributed by atoms with van der Waals surface area (Å²) < 4.78 is 25.0. The number of rotatable bonds is 5. The molecule has 0 unspecified atom stereocenters. The van der Waals surface area contributed by atoms with Crippen LogP contribution in [0.25, 0.3) is 0 Å². The van der Waals surface area contributed by atoms with Crippen molar-refractivity contribution in [1.82, 2.24) is 9.88 Å². The van der Waals surface area contributed by atoms with E-state index in [1.165, 1.54) is 24.1 Å². The second-order valence-corrected chi connectivity index (χ2v) is 8.15. The first-order chi connectivity index (χ1) is 15.4. The fourth-order valence-corrected chi connectivity index (χ4v) is 4.25. The number of anilines is 2. The number of hydrogen-bond donors (Lipinski definition) is 0. The number of halogens is 1. The Balaban J connectivity index is 1.44. The molecule has 2 saturated heterocycles. The summed E-state index contributed by atoms with van der Waals surface area (Å²) in [7, 11) is 1.51. The molecule has 2 aliphatic rings. The second-order valence-electron chi connectivity index (χ2n) is 8.15. The molecule has 2 fully saturated rings. The van der Waals surface area contributed by atoms with Crippen molar-refractivity contribution in [1.29, 1.82) is 0 Å². The molecule has 0 spiro atoms. The van der Waals surface area contributed by atoms with Crippen LogP contribution in [-0.4, -0.2) is 74.4 Å². The molecule has 2 aliphatic heterocycles. The predicted molar refractivity (Wildman–Crippen MR) is 118 cm³/mol. The standard InChI is InChI=1S/C23H27FN4O4/c1-15-10-16(2)21(25-12-15)26-6-8-27(9-7-26)22(29)17-4-5-20(19(24)11-17)28-18(13-31-3)14-32-23(28)30/h4-5,10-12,18H,6-9,13-14H2,1-3H3/t18-/m1/s1. The Labute approximate surface area is 186 Å². The number of benzene rings is 1. The molecule has 8 nitrogen and oxygen atoms in total. The molecule has 0 bridgehead atoms. The number of cyclic esters (lactones) is 1. The maximum absolute atomic E-state index is 14.9. The third-order valence-electron chi connectivity index (χ3n) is 5.83. The van der Waals surface area contributed by atoms with Crippen LogP contribution in [0.4, 0.5) is 20.7 Å². The van der Waals surface area contributed by atoms with Gasteiger partial charge in [-0.3, -0.25) is 9.69 Å². The van der Waals surface area contributed by atoms with Gasteiger partial charge in [-0.05, 0) is 43.2 Å². The average molecular weight is 442 g/mol. The Kier molecular flexibility index (Phi) is 6.27. The predicted octanol–water partition coefficient (Wildman–Crippen LogP) is 2.77. The summed E-state index contributed by atoms with van der Waals surface area (Å²) in [5, 5.41) is 0. The summed E-state index contributed by atoms with van der Waals surface area (Å²) in [5.74, 6) is 0.0521. The van der Waals surface area contributed by atoms with Gasteiger partial charge in [-0.1, -0.05) is 6.07 Å². The molecule has 2 aromatic rings. The number of methoxy groups -OCH3 is 1. The molecule has 32 heavy (non-hydrogen) atoms. The fraction of sp³-hybridized carbons (Fsp3) is 0.435. The van der Waals surface area contributed by atoms with Crippen LogP contribution in [-0.2, 0) is 9.47 Å². The van der Waals surface area contributed by atoms with E-state index in [0.29, 0.717) is 26.2 Å². The summed E-state index contributed by atoms with van der Waals surface area (Å²) in [6.45, 7) is 6.75. The Bertz CT molecular complexity index is 1020. The van der Waals surface area contributed by atoms with Crippen molar-refractivity contribution >= 4 is 23.5 Å². The lowest BCUT2D eigenvalue weighted by Crippen LogP contribution is -2.49. The van der Waals surface area contributed by atoms with E-state index in [1.807, 2.05) is 20.0 Å². The maximum Gasteiger partial charge on any atom is 0.414 e. The number of aryl methyl sites for hydroxylation is 2. The molecule has 0 radical (unpaired) electrons. The summed E-state index contributed by atoms with van der Waals surface area (Å²) in [6.07, 6.45) is 1.22. The lowest BCUT2D eigenvalue weighted by atomic mass is 10.1. The van der Waals surface area contributed by atoms with Crippen molar-refractivity contribution in [2.75, 3.05) is 56.3 Å². The molecule has 0 saturated carbocycles. The number of nitrogens with zero attached hydrogens (tertiary/aromatic N) is 4. The van der Waals surface area contributed by atoms with E-state index in [0.717, 1.165) is 16.9 Å². The third-order valence-corrected chi connectivity index (χ3v) is 5.83. The molecular weight excluding hydrogens is 415 g/mol. The van der Waals surface area contributed by atoms with Crippen LogP contribution in [0, 0.1) is 19.7 Å². The van der Waals surface area contributed by atoms with E-state index in [1.54, 1.807) is 11.0 Å². The Morgan fingerprint density at radius 3 is 2.62 bits per heavy atom. The monoisotopic (exact) mass is 442 g/mol. The zero-order valence-electron chi connectivity index (χ0n) is 18.5. The summed E-state index contributed by atoms with van der Waals surface area (Å²) in [6, 6.07) is 5.88. The van der Waals surface area contributed by atoms with Gasteiger partial charge in [0.25, 0.3) is 5.91 Å². The molecule has 0 aliphatic carbocycles. The van der Waals surface area contributed by atoms with Gasteiger partial charge in [-0.15, -0.1) is 0 Å². The van der Waals surface area contributed by atoms with E-state index in [9.17, 15) is 14.0 Å². The van der Waals surface area contributed by atoms with Gasteiger partial charge in [0.15, 0.2) is 0 Å². The number of hydrogen-bond acceptors (Lipinski definition) is 6. The van der Waals surface area contributed by atoms with E-state index in [2.05, 4.69) is 16.0 Å². The minimum Gasteiger partial charge on any atom is -0.447 e. The Morgan fingerprint density at radius 2 is 1.97 bits per heavy atom. The highest BCUT2D eigenvalue weighted by molar-refractivity contribution is 5.96. The number of amides is 2. The summed E-state index contributed by atoms with van der Waals surface area (Å²) in [4.78, 5) is 34.7. The topological polar surface area (TPSA) is 75.2 Å². The number of aromatic nitrogens is 1. The zero-order valence-corrected chi connectivity index (χ0v) is 18.5. The highest BCUT2D eigenvalue weighted by Gasteiger charge is 2.36. The van der Waals surface area contributed by atoms with Crippen molar-refractivity contribution < 1.29 is 23.5 Å². The Morgan fingerprint density at radius 1 is 1.22 bits per heavy atom. The van der Waals surface area contributed by atoms with Crippen molar-refractivity contribution in [3.63, 3.8) is 0 Å². The van der Waals surface area contributed by atoms with E-state index >= 15 is 0 Å². The number of ether oxygens (including phenoxy) is 2. The molecular formula is C23H27FN4O4. The molecule has 0 N–H and O–H groups in total. The first kappa shape index (κ1) is 22.0. The zero-order chi connectivity index (χ0) is 22.8. The lowest BCUT2D eigenvalue weighted by Gasteiger charge is -2.36. The summed E-state index contributed by atoms with van der Waals surface area (Å²) in [5.41, 5.74) is 2.55. The first-order valence-corrected chi connectivity index (χ1v) is 10.6. The van der Waals surface area contributed by atoms with E-state index in [-0.39, 0.29) is 30.4 Å². The average Bonchev–Trinajstić information content (AvgIpc) is 3.13. The maximum atomic E-state index is 14.9. The minimum absolute atomic E-state index is 0.0804. The minimum atomic E-state index is -0.645. The number of piperazine rings is 1. The van der Waals surface area contributed by atoms with Crippen LogP contribution in [0.2, 0.25) is 0 Å².